The molecular formula is C24H27N3O2. The van der Waals surface area contributed by atoms with E-state index in [2.05, 4.69) is 22.4 Å². The van der Waals surface area contributed by atoms with Crippen LogP contribution in [-0.2, 0) is 6.42 Å². The van der Waals surface area contributed by atoms with E-state index in [9.17, 15) is 9.59 Å². The number of pyridine rings is 1. The van der Waals surface area contributed by atoms with Crippen molar-refractivity contribution in [2.45, 2.75) is 51.5 Å². The van der Waals surface area contributed by atoms with Gasteiger partial charge in [-0.1, -0.05) is 29.8 Å². The number of carbonyl (C=O) groups excluding carboxylic acids is 2. The molecule has 0 bridgehead atoms. The third-order valence-corrected chi connectivity index (χ3v) is 5.78. The molecule has 0 saturated heterocycles. The summed E-state index contributed by atoms with van der Waals surface area (Å²) in [6.45, 7) is 2.65. The van der Waals surface area contributed by atoms with Gasteiger partial charge in [-0.2, -0.15) is 0 Å². The van der Waals surface area contributed by atoms with Crippen LogP contribution in [0.25, 0.3) is 0 Å². The summed E-state index contributed by atoms with van der Waals surface area (Å²) in [5, 5.41) is 2.97. The van der Waals surface area contributed by atoms with Crippen LogP contribution in [0.5, 0.6) is 0 Å². The van der Waals surface area contributed by atoms with Gasteiger partial charge in [0.15, 0.2) is 0 Å². The highest BCUT2D eigenvalue weighted by atomic mass is 16.2. The second-order valence-electron chi connectivity index (χ2n) is 7.90. The maximum absolute atomic E-state index is 13.1. The van der Waals surface area contributed by atoms with E-state index in [4.69, 9.17) is 0 Å². The maximum atomic E-state index is 13.1. The minimum absolute atomic E-state index is 0.0722. The van der Waals surface area contributed by atoms with E-state index < -0.39 is 0 Å². The summed E-state index contributed by atoms with van der Waals surface area (Å²) in [5.41, 5.74) is 4.31. The van der Waals surface area contributed by atoms with Gasteiger partial charge >= 0.3 is 0 Å². The Morgan fingerprint density at radius 1 is 1.21 bits per heavy atom. The van der Waals surface area contributed by atoms with Gasteiger partial charge in [-0.3, -0.25) is 14.6 Å². The van der Waals surface area contributed by atoms with Crippen molar-refractivity contribution in [3.63, 3.8) is 0 Å². The summed E-state index contributed by atoms with van der Waals surface area (Å²) in [6, 6.07) is 11.3. The summed E-state index contributed by atoms with van der Waals surface area (Å²) in [4.78, 5) is 31.7. The number of allylic oxidation sites excluding steroid dienone is 1. The number of para-hydroxylation sites is 1. The fourth-order valence-electron chi connectivity index (χ4n) is 4.26. The Kier molecular flexibility index (Phi) is 5.74. The van der Waals surface area contributed by atoms with Crippen molar-refractivity contribution in [1.29, 1.82) is 0 Å². The van der Waals surface area contributed by atoms with E-state index in [1.54, 1.807) is 23.2 Å². The van der Waals surface area contributed by atoms with Crippen LogP contribution in [0.3, 0.4) is 0 Å². The molecule has 1 aromatic heterocycles. The monoisotopic (exact) mass is 389 g/mol. The Labute approximate surface area is 171 Å². The van der Waals surface area contributed by atoms with Gasteiger partial charge in [-0.05, 0) is 69.2 Å². The molecule has 1 aliphatic carbocycles. The zero-order valence-electron chi connectivity index (χ0n) is 16.9. The standard InChI is InChI=1S/C24H27N3O2/c1-17-15-19-9-5-6-10-22(19)27(17)24(29)21-16-20(12-14-25-21)23(28)26-13-11-18-7-3-2-4-8-18/h5-7,9-10,12,14,16-17H,2-4,8,11,13,15H2,1H3,(H,26,28). The van der Waals surface area contributed by atoms with Crippen molar-refractivity contribution in [1.82, 2.24) is 10.3 Å². The van der Waals surface area contributed by atoms with Gasteiger partial charge in [-0.15, -0.1) is 0 Å². The summed E-state index contributed by atoms with van der Waals surface area (Å²) in [7, 11) is 0. The van der Waals surface area contributed by atoms with Crippen molar-refractivity contribution >= 4 is 17.5 Å². The minimum atomic E-state index is -0.163. The number of benzene rings is 1. The summed E-state index contributed by atoms with van der Waals surface area (Å²) < 4.78 is 0. The predicted octanol–water partition coefficient (Wildman–Crippen LogP) is 4.29. The van der Waals surface area contributed by atoms with Gasteiger partial charge < -0.3 is 10.2 Å². The molecule has 0 saturated carbocycles. The van der Waals surface area contributed by atoms with E-state index >= 15 is 0 Å². The lowest BCUT2D eigenvalue weighted by Crippen LogP contribution is -2.36. The van der Waals surface area contributed by atoms with Gasteiger partial charge in [0.1, 0.15) is 5.69 Å². The first kappa shape index (κ1) is 19.4. The number of nitrogens with one attached hydrogen (secondary N) is 1. The van der Waals surface area contributed by atoms with E-state index in [-0.39, 0.29) is 17.9 Å². The van der Waals surface area contributed by atoms with Crippen LogP contribution >= 0.6 is 0 Å². The zero-order valence-corrected chi connectivity index (χ0v) is 16.9. The van der Waals surface area contributed by atoms with Crippen molar-refractivity contribution in [3.05, 3.63) is 71.1 Å². The first-order valence-electron chi connectivity index (χ1n) is 10.5. The number of rotatable bonds is 5. The van der Waals surface area contributed by atoms with Gasteiger partial charge in [-0.25, -0.2) is 0 Å². The molecular weight excluding hydrogens is 362 g/mol. The second kappa shape index (κ2) is 8.60. The van der Waals surface area contributed by atoms with E-state index in [0.717, 1.165) is 31.4 Å². The smallest absolute Gasteiger partial charge is 0.277 e. The number of hydrogen-bond donors (Lipinski definition) is 1. The van der Waals surface area contributed by atoms with Crippen LogP contribution in [0, 0.1) is 0 Å². The Morgan fingerprint density at radius 2 is 2.07 bits per heavy atom. The molecule has 0 fully saturated rings. The van der Waals surface area contributed by atoms with Crippen LogP contribution in [-0.4, -0.2) is 29.4 Å². The molecule has 1 aromatic carbocycles. The van der Waals surface area contributed by atoms with Crippen LogP contribution in [0.2, 0.25) is 0 Å². The van der Waals surface area contributed by atoms with Gasteiger partial charge in [0.25, 0.3) is 11.8 Å². The van der Waals surface area contributed by atoms with Gasteiger partial charge in [0.05, 0.1) is 0 Å². The number of aromatic nitrogens is 1. The van der Waals surface area contributed by atoms with Crippen molar-refractivity contribution in [2.24, 2.45) is 0 Å². The molecule has 29 heavy (non-hydrogen) atoms. The molecule has 0 spiro atoms. The summed E-state index contributed by atoms with van der Waals surface area (Å²) in [6.07, 6.45) is 10.4. The van der Waals surface area contributed by atoms with E-state index in [1.165, 1.54) is 24.0 Å². The van der Waals surface area contributed by atoms with E-state index in [1.807, 2.05) is 25.1 Å². The summed E-state index contributed by atoms with van der Waals surface area (Å²) in [5.74, 6) is -0.322. The largest absolute Gasteiger partial charge is 0.352 e. The molecule has 2 amide bonds. The minimum Gasteiger partial charge on any atom is -0.352 e. The highest BCUT2D eigenvalue weighted by Gasteiger charge is 2.32. The third-order valence-electron chi connectivity index (χ3n) is 5.78. The Hall–Kier alpha value is -2.95. The van der Waals surface area contributed by atoms with Crippen LogP contribution in [0.4, 0.5) is 5.69 Å². The molecule has 1 unspecified atom stereocenters. The lowest BCUT2D eigenvalue weighted by Gasteiger charge is -2.22. The van der Waals surface area contributed by atoms with Crippen molar-refractivity contribution in [2.75, 3.05) is 11.4 Å². The van der Waals surface area contributed by atoms with Gasteiger partial charge in [0, 0.05) is 30.0 Å². The molecule has 1 atom stereocenters. The van der Waals surface area contributed by atoms with Crippen LogP contribution < -0.4 is 10.2 Å². The zero-order chi connectivity index (χ0) is 20.2. The quantitative estimate of drug-likeness (QED) is 0.776. The number of amides is 2. The van der Waals surface area contributed by atoms with Gasteiger partial charge in [0.2, 0.25) is 0 Å². The maximum Gasteiger partial charge on any atom is 0.277 e. The first-order chi connectivity index (χ1) is 14.1. The van der Waals surface area contributed by atoms with Crippen LogP contribution in [0.15, 0.2) is 54.2 Å². The van der Waals surface area contributed by atoms with Crippen molar-refractivity contribution in [3.8, 4) is 0 Å². The molecule has 1 N–H and O–H groups in total. The summed E-state index contributed by atoms with van der Waals surface area (Å²) >= 11 is 0. The molecule has 2 heterocycles. The Morgan fingerprint density at radius 3 is 2.90 bits per heavy atom. The SMILES string of the molecule is CC1Cc2ccccc2N1C(=O)c1cc(C(=O)NCCC2=CCCCC2)ccn1. The molecule has 0 radical (unpaired) electrons. The number of nitrogens with zero attached hydrogens (tertiary/aromatic N) is 2. The number of carbonyl (C=O) groups is 2. The molecule has 5 heteroatoms. The molecule has 2 aromatic rings. The fourth-order valence-corrected chi connectivity index (χ4v) is 4.26. The average molecular weight is 389 g/mol. The number of anilines is 1. The highest BCUT2D eigenvalue weighted by molar-refractivity contribution is 6.07. The topological polar surface area (TPSA) is 62.3 Å². The van der Waals surface area contributed by atoms with Crippen molar-refractivity contribution < 1.29 is 9.59 Å². The highest BCUT2D eigenvalue weighted by Crippen LogP contribution is 2.32. The Balaban J connectivity index is 1.43. The normalized spacial score (nSPS) is 18.2. The molecule has 150 valence electrons. The average Bonchev–Trinajstić information content (AvgIpc) is 3.09. The Bertz CT molecular complexity index is 951. The molecule has 5 nitrogen and oxygen atoms in total. The third kappa shape index (κ3) is 4.24. The lowest BCUT2D eigenvalue weighted by molar-refractivity contribution is 0.0954. The predicted molar refractivity (Wildman–Crippen MR) is 114 cm³/mol. The number of fused-ring (bicyclic) bond motifs is 1. The second-order valence-corrected chi connectivity index (χ2v) is 7.90. The fraction of sp³-hybridized carbons (Fsp3) is 0.375. The van der Waals surface area contributed by atoms with E-state index in [0.29, 0.717) is 17.8 Å². The molecule has 4 rings (SSSR count). The van der Waals surface area contributed by atoms with Crippen LogP contribution in [0.1, 0.15) is 65.4 Å². The number of hydrogen-bond acceptors (Lipinski definition) is 3. The molecule has 1 aliphatic heterocycles. The molecule has 2 aliphatic rings. The lowest BCUT2D eigenvalue weighted by atomic mass is 9.97. The first-order valence-corrected chi connectivity index (χ1v) is 10.5.